The molecule has 0 saturated carbocycles. The minimum atomic E-state index is 0.306. The predicted octanol–water partition coefficient (Wildman–Crippen LogP) is 4.30. The Hall–Kier alpha value is 0.150. The van der Waals surface area contributed by atoms with Crippen molar-refractivity contribution in [3.63, 3.8) is 0 Å². The van der Waals surface area contributed by atoms with Crippen LogP contribution >= 0.6 is 35.8 Å². The zero-order chi connectivity index (χ0) is 9.42. The maximum absolute atomic E-state index is 6.09. The third-order valence-corrected chi connectivity index (χ3v) is 3.55. The molecule has 0 radical (unpaired) electrons. The molecule has 1 aliphatic carbocycles. The second kappa shape index (κ2) is 3.72. The Morgan fingerprint density at radius 3 is 2.85 bits per heavy atom. The van der Waals surface area contributed by atoms with Gasteiger partial charge < -0.3 is 0 Å². The highest BCUT2D eigenvalue weighted by Gasteiger charge is 2.19. The summed E-state index contributed by atoms with van der Waals surface area (Å²) in [5, 5.41) is 1.81. The van der Waals surface area contributed by atoms with E-state index in [9.17, 15) is 0 Å². The van der Waals surface area contributed by atoms with Crippen LogP contribution in [0.4, 0.5) is 0 Å². The summed E-state index contributed by atoms with van der Waals surface area (Å²) < 4.78 is 0. The lowest BCUT2D eigenvalue weighted by atomic mass is 9.91. The van der Waals surface area contributed by atoms with E-state index in [1.165, 1.54) is 17.5 Å². The van der Waals surface area contributed by atoms with Crippen LogP contribution in [0.15, 0.2) is 12.1 Å². The zero-order valence-corrected chi connectivity index (χ0v) is 9.46. The quantitative estimate of drug-likeness (QED) is 0.634. The Kier molecular flexibility index (Phi) is 2.77. The first kappa shape index (κ1) is 9.70. The van der Waals surface area contributed by atoms with Gasteiger partial charge in [0, 0.05) is 15.3 Å². The summed E-state index contributed by atoms with van der Waals surface area (Å²) in [6, 6.07) is 3.80. The second-order valence-electron chi connectivity index (χ2n) is 3.36. The summed E-state index contributed by atoms with van der Waals surface area (Å²) in [7, 11) is 0. The highest BCUT2D eigenvalue weighted by molar-refractivity contribution is 7.80. The van der Waals surface area contributed by atoms with Gasteiger partial charge in [-0.25, -0.2) is 0 Å². The molecule has 13 heavy (non-hydrogen) atoms. The van der Waals surface area contributed by atoms with Crippen molar-refractivity contribution in [3.05, 3.63) is 33.3 Å². The van der Waals surface area contributed by atoms with Crippen LogP contribution in [-0.2, 0) is 6.42 Å². The molecule has 0 heterocycles. The number of fused-ring (bicyclic) bond motifs is 1. The molecule has 1 atom stereocenters. The number of hydrogen-bond donors (Lipinski definition) is 1. The van der Waals surface area contributed by atoms with E-state index in [2.05, 4.69) is 12.6 Å². The van der Waals surface area contributed by atoms with Crippen LogP contribution in [0.3, 0.4) is 0 Å². The normalized spacial score (nSPS) is 21.3. The SMILES string of the molecule is SC1CCCc2c(Cl)cc(Cl)cc21. The molecule has 1 unspecified atom stereocenters. The molecule has 0 saturated heterocycles. The lowest BCUT2D eigenvalue weighted by molar-refractivity contribution is 0.677. The van der Waals surface area contributed by atoms with E-state index in [1.807, 2.05) is 12.1 Å². The Morgan fingerprint density at radius 1 is 1.31 bits per heavy atom. The first-order valence-electron chi connectivity index (χ1n) is 4.34. The Bertz CT molecular complexity index is 336. The lowest BCUT2D eigenvalue weighted by Gasteiger charge is -2.22. The van der Waals surface area contributed by atoms with Crippen LogP contribution in [0.1, 0.15) is 29.2 Å². The van der Waals surface area contributed by atoms with Gasteiger partial charge in [0.15, 0.2) is 0 Å². The van der Waals surface area contributed by atoms with Gasteiger partial charge in [-0.15, -0.1) is 0 Å². The van der Waals surface area contributed by atoms with Gasteiger partial charge in [-0.3, -0.25) is 0 Å². The summed E-state index contributed by atoms with van der Waals surface area (Å²) in [4.78, 5) is 0. The Balaban J connectivity index is 2.56. The van der Waals surface area contributed by atoms with Crippen molar-refractivity contribution < 1.29 is 0 Å². The molecule has 2 rings (SSSR count). The van der Waals surface area contributed by atoms with Gasteiger partial charge in [0.1, 0.15) is 0 Å². The zero-order valence-electron chi connectivity index (χ0n) is 7.06. The van der Waals surface area contributed by atoms with Gasteiger partial charge in [-0.05, 0) is 42.5 Å². The molecular weight excluding hydrogens is 223 g/mol. The van der Waals surface area contributed by atoms with Crippen molar-refractivity contribution >= 4 is 35.8 Å². The maximum atomic E-state index is 6.09. The van der Waals surface area contributed by atoms with Crippen molar-refractivity contribution in [1.82, 2.24) is 0 Å². The minimum absolute atomic E-state index is 0.306. The molecule has 1 aliphatic rings. The maximum Gasteiger partial charge on any atom is 0.0455 e. The summed E-state index contributed by atoms with van der Waals surface area (Å²) in [6.45, 7) is 0. The smallest absolute Gasteiger partial charge is 0.0455 e. The number of hydrogen-bond acceptors (Lipinski definition) is 1. The van der Waals surface area contributed by atoms with Crippen LogP contribution in [0.25, 0.3) is 0 Å². The van der Waals surface area contributed by atoms with E-state index in [1.54, 1.807) is 0 Å². The average Bonchev–Trinajstić information content (AvgIpc) is 2.07. The average molecular weight is 233 g/mol. The highest BCUT2D eigenvalue weighted by atomic mass is 35.5. The molecule has 0 amide bonds. The topological polar surface area (TPSA) is 0 Å². The molecule has 0 nitrogen and oxygen atoms in total. The van der Waals surface area contributed by atoms with E-state index in [-0.39, 0.29) is 0 Å². The van der Waals surface area contributed by atoms with Crippen LogP contribution in [-0.4, -0.2) is 0 Å². The van der Waals surface area contributed by atoms with Crippen molar-refractivity contribution in [3.8, 4) is 0 Å². The van der Waals surface area contributed by atoms with Crippen LogP contribution in [0.2, 0.25) is 10.0 Å². The first-order valence-corrected chi connectivity index (χ1v) is 5.61. The van der Waals surface area contributed by atoms with Gasteiger partial charge in [0.25, 0.3) is 0 Å². The molecule has 70 valence electrons. The van der Waals surface area contributed by atoms with Crippen LogP contribution in [0.5, 0.6) is 0 Å². The molecule has 1 aromatic rings. The lowest BCUT2D eigenvalue weighted by Crippen LogP contribution is -2.05. The van der Waals surface area contributed by atoms with Crippen LogP contribution in [0, 0.1) is 0 Å². The van der Waals surface area contributed by atoms with Gasteiger partial charge in [-0.1, -0.05) is 23.2 Å². The highest BCUT2D eigenvalue weighted by Crippen LogP contribution is 2.39. The molecule has 0 aromatic heterocycles. The molecule has 0 spiro atoms. The fourth-order valence-electron chi connectivity index (χ4n) is 1.81. The third kappa shape index (κ3) is 1.83. The fraction of sp³-hybridized carbons (Fsp3) is 0.400. The summed E-state index contributed by atoms with van der Waals surface area (Å²) >= 11 is 16.5. The molecule has 0 bridgehead atoms. The van der Waals surface area contributed by atoms with Crippen molar-refractivity contribution in [2.75, 3.05) is 0 Å². The molecule has 3 heteroatoms. The molecule has 0 N–H and O–H groups in total. The molecule has 0 aliphatic heterocycles. The molecular formula is C10H10Cl2S. The largest absolute Gasteiger partial charge is 0.171 e. The molecule has 0 fully saturated rings. The predicted molar refractivity (Wildman–Crippen MR) is 61.1 cm³/mol. The number of benzene rings is 1. The Labute approximate surface area is 93.6 Å². The fourth-order valence-corrected chi connectivity index (χ4v) is 2.83. The standard InChI is InChI=1S/C10H10Cl2S/c11-6-4-8-7(9(12)5-6)2-1-3-10(8)13/h4-5,10,13H,1-3H2. The van der Waals surface area contributed by atoms with Gasteiger partial charge in [-0.2, -0.15) is 12.6 Å². The van der Waals surface area contributed by atoms with Crippen molar-refractivity contribution in [1.29, 1.82) is 0 Å². The van der Waals surface area contributed by atoms with E-state index < -0.39 is 0 Å². The number of halogens is 2. The summed E-state index contributed by atoms with van der Waals surface area (Å²) in [6.07, 6.45) is 3.34. The minimum Gasteiger partial charge on any atom is -0.171 e. The van der Waals surface area contributed by atoms with Gasteiger partial charge in [0.05, 0.1) is 0 Å². The van der Waals surface area contributed by atoms with Gasteiger partial charge >= 0.3 is 0 Å². The number of rotatable bonds is 0. The summed E-state index contributed by atoms with van der Waals surface area (Å²) in [5.41, 5.74) is 2.45. The number of thiol groups is 1. The van der Waals surface area contributed by atoms with E-state index >= 15 is 0 Å². The summed E-state index contributed by atoms with van der Waals surface area (Å²) in [5.74, 6) is 0. The first-order chi connectivity index (χ1) is 6.18. The van der Waals surface area contributed by atoms with Crippen molar-refractivity contribution in [2.45, 2.75) is 24.5 Å². The van der Waals surface area contributed by atoms with E-state index in [4.69, 9.17) is 23.2 Å². The Morgan fingerprint density at radius 2 is 2.08 bits per heavy atom. The molecule has 1 aromatic carbocycles. The van der Waals surface area contributed by atoms with Crippen LogP contribution < -0.4 is 0 Å². The van der Waals surface area contributed by atoms with E-state index in [0.29, 0.717) is 10.3 Å². The third-order valence-electron chi connectivity index (χ3n) is 2.46. The van der Waals surface area contributed by atoms with Crippen molar-refractivity contribution in [2.24, 2.45) is 0 Å². The monoisotopic (exact) mass is 232 g/mol. The second-order valence-corrected chi connectivity index (χ2v) is 4.83. The van der Waals surface area contributed by atoms with E-state index in [0.717, 1.165) is 17.9 Å². The van der Waals surface area contributed by atoms with Gasteiger partial charge in [0.2, 0.25) is 0 Å².